The molecule has 0 spiro atoms. The number of hydrogen-bond acceptors (Lipinski definition) is 4. The lowest BCUT2D eigenvalue weighted by Crippen LogP contribution is -2.36. The highest BCUT2D eigenvalue weighted by atomic mass is 32.2. The van der Waals surface area contributed by atoms with E-state index in [1.165, 1.54) is 12.8 Å². The molecule has 2 aromatic rings. The second-order valence-electron chi connectivity index (χ2n) is 10.4. The number of piperidine rings is 1. The first-order valence-electron chi connectivity index (χ1n) is 11.5. The lowest BCUT2D eigenvalue weighted by atomic mass is 9.76. The third kappa shape index (κ3) is 4.73. The first-order valence-corrected chi connectivity index (χ1v) is 12.9. The number of Topliss-reactive ketones (excluding diaryl/α,β-unsaturated/α-hetero) is 1. The molecule has 7 heteroatoms. The van der Waals surface area contributed by atoms with Crippen LogP contribution in [0, 0.1) is 18.3 Å². The Morgan fingerprint density at radius 1 is 1.26 bits per heavy atom. The molecule has 1 aliphatic heterocycles. The van der Waals surface area contributed by atoms with Crippen LogP contribution in [-0.4, -0.2) is 50.3 Å². The van der Waals surface area contributed by atoms with Gasteiger partial charge in [0.15, 0.2) is 5.78 Å². The molecule has 1 atom stereocenters. The van der Waals surface area contributed by atoms with Gasteiger partial charge >= 0.3 is 0 Å². The van der Waals surface area contributed by atoms with Crippen molar-refractivity contribution in [1.82, 2.24) is 14.6 Å². The minimum atomic E-state index is -3.61. The number of ketones is 1. The molecule has 6 nitrogen and oxygen atoms in total. The van der Waals surface area contributed by atoms with Gasteiger partial charge in [-0.15, -0.1) is 0 Å². The van der Waals surface area contributed by atoms with E-state index in [2.05, 4.69) is 35.4 Å². The van der Waals surface area contributed by atoms with Gasteiger partial charge in [0.1, 0.15) is 0 Å². The van der Waals surface area contributed by atoms with Crippen molar-refractivity contribution in [3.05, 3.63) is 29.0 Å². The van der Waals surface area contributed by atoms with E-state index in [1.807, 2.05) is 6.07 Å². The van der Waals surface area contributed by atoms with Crippen molar-refractivity contribution in [1.29, 1.82) is 0 Å². The molecule has 0 radical (unpaired) electrons. The van der Waals surface area contributed by atoms with Gasteiger partial charge in [-0.25, -0.2) is 13.1 Å². The summed E-state index contributed by atoms with van der Waals surface area (Å²) >= 11 is 0. The fourth-order valence-corrected chi connectivity index (χ4v) is 6.59. The molecule has 0 bridgehead atoms. The summed E-state index contributed by atoms with van der Waals surface area (Å²) < 4.78 is 28.8. The van der Waals surface area contributed by atoms with Gasteiger partial charge in [0.2, 0.25) is 10.0 Å². The Labute approximate surface area is 185 Å². The van der Waals surface area contributed by atoms with Crippen molar-refractivity contribution in [2.24, 2.45) is 11.3 Å². The van der Waals surface area contributed by atoms with E-state index >= 15 is 0 Å². The Morgan fingerprint density at radius 3 is 2.77 bits per heavy atom. The van der Waals surface area contributed by atoms with Gasteiger partial charge in [-0.05, 0) is 74.7 Å². The molecule has 2 aliphatic rings. The highest BCUT2D eigenvalue weighted by Gasteiger charge is 2.34. The molecule has 1 aromatic heterocycles. The van der Waals surface area contributed by atoms with Gasteiger partial charge in [-0.3, -0.25) is 4.79 Å². The number of aromatic nitrogens is 1. The van der Waals surface area contributed by atoms with Gasteiger partial charge in [-0.2, -0.15) is 0 Å². The second-order valence-corrected chi connectivity index (χ2v) is 12.1. The summed E-state index contributed by atoms with van der Waals surface area (Å²) in [6, 6.07) is 3.54. The lowest BCUT2D eigenvalue weighted by molar-refractivity contribution is 0.0913. The number of nitrogens with one attached hydrogen (secondary N) is 2. The maximum atomic E-state index is 13.0. The van der Waals surface area contributed by atoms with Crippen LogP contribution in [0.25, 0.3) is 10.9 Å². The topological polar surface area (TPSA) is 82.3 Å². The number of H-pyrrole nitrogens is 1. The molecule has 1 fully saturated rings. The monoisotopic (exact) mass is 445 g/mol. The molecule has 0 saturated carbocycles. The van der Waals surface area contributed by atoms with Gasteiger partial charge in [0.25, 0.3) is 0 Å². The number of aromatic amines is 1. The van der Waals surface area contributed by atoms with Crippen LogP contribution in [0.3, 0.4) is 0 Å². The summed E-state index contributed by atoms with van der Waals surface area (Å²) in [5.41, 5.74) is 2.98. The number of carbonyl (C=O) groups is 1. The fourth-order valence-electron chi connectivity index (χ4n) is 5.27. The molecule has 31 heavy (non-hydrogen) atoms. The maximum Gasteiger partial charge on any atom is 0.240 e. The Bertz CT molecular complexity index is 1100. The van der Waals surface area contributed by atoms with Crippen molar-refractivity contribution >= 4 is 26.7 Å². The summed E-state index contributed by atoms with van der Waals surface area (Å²) in [5.74, 6) is 0.863. The van der Waals surface area contributed by atoms with Crippen molar-refractivity contribution < 1.29 is 13.2 Å². The zero-order valence-corrected chi connectivity index (χ0v) is 20.0. The number of carbonyl (C=O) groups excluding carboxylic acids is 1. The van der Waals surface area contributed by atoms with Gasteiger partial charge in [0, 0.05) is 41.7 Å². The van der Waals surface area contributed by atoms with E-state index in [9.17, 15) is 13.2 Å². The Hall–Kier alpha value is -1.70. The molecule has 2 N–H and O–H groups in total. The van der Waals surface area contributed by atoms with Crippen molar-refractivity contribution in [3.8, 4) is 0 Å². The van der Waals surface area contributed by atoms with Crippen molar-refractivity contribution in [2.45, 2.75) is 64.7 Å². The minimum absolute atomic E-state index is 0.0807. The smallest absolute Gasteiger partial charge is 0.240 e. The number of aryl methyl sites for hydroxylation is 1. The molecular formula is C24H35N3O3S. The molecule has 1 unspecified atom stereocenters. The summed E-state index contributed by atoms with van der Waals surface area (Å²) in [6.07, 6.45) is 4.62. The van der Waals surface area contributed by atoms with Crippen LogP contribution in [-0.2, 0) is 16.4 Å². The van der Waals surface area contributed by atoms with Crippen LogP contribution in [0.5, 0.6) is 0 Å². The van der Waals surface area contributed by atoms with Gasteiger partial charge in [-0.1, -0.05) is 20.8 Å². The van der Waals surface area contributed by atoms with Crippen LogP contribution in [0.4, 0.5) is 0 Å². The number of rotatable bonds is 6. The third-order valence-corrected chi connectivity index (χ3v) is 8.32. The van der Waals surface area contributed by atoms with E-state index in [-0.39, 0.29) is 16.1 Å². The standard InChI is InChI=1S/C24H35N3O3S/c1-16-7-5-9-27(15-16)10-6-8-25-31(29,30)22-12-19-18(11-17(22)2)23-20(26-19)13-24(3,4)14-21(23)28/h11-12,16,25-26H,5-10,13-15H2,1-4H3. The Kier molecular flexibility index (Phi) is 6.05. The highest BCUT2D eigenvalue weighted by Crippen LogP contribution is 2.38. The number of likely N-dealkylation sites (tertiary alicyclic amines) is 1. The second kappa shape index (κ2) is 8.34. The average Bonchev–Trinajstić information content (AvgIpc) is 3.00. The molecule has 4 rings (SSSR count). The number of nitrogens with zero attached hydrogens (tertiary/aromatic N) is 1. The van der Waals surface area contributed by atoms with Crippen LogP contribution < -0.4 is 4.72 Å². The quantitative estimate of drug-likeness (QED) is 0.658. The normalized spacial score (nSPS) is 22.1. The molecule has 170 valence electrons. The largest absolute Gasteiger partial charge is 0.358 e. The number of hydrogen-bond donors (Lipinski definition) is 2. The van der Waals surface area contributed by atoms with Crippen LogP contribution >= 0.6 is 0 Å². The summed E-state index contributed by atoms with van der Waals surface area (Å²) in [7, 11) is -3.61. The predicted molar refractivity (Wildman–Crippen MR) is 124 cm³/mol. The molecule has 1 aromatic carbocycles. The predicted octanol–water partition coefficient (Wildman–Crippen LogP) is 4.03. The Balaban J connectivity index is 1.49. The van der Waals surface area contributed by atoms with Crippen LogP contribution in [0.2, 0.25) is 0 Å². The highest BCUT2D eigenvalue weighted by molar-refractivity contribution is 7.89. The summed E-state index contributed by atoms with van der Waals surface area (Å²) in [6.45, 7) is 11.8. The van der Waals surface area contributed by atoms with E-state index in [0.717, 1.165) is 60.6 Å². The summed E-state index contributed by atoms with van der Waals surface area (Å²) in [4.78, 5) is 18.8. The molecule has 2 heterocycles. The molecule has 1 aliphatic carbocycles. The average molecular weight is 446 g/mol. The van der Waals surface area contributed by atoms with E-state index in [1.54, 1.807) is 13.0 Å². The number of sulfonamides is 1. The Morgan fingerprint density at radius 2 is 2.03 bits per heavy atom. The first kappa shape index (κ1) is 22.5. The maximum absolute atomic E-state index is 13.0. The third-order valence-electron chi connectivity index (χ3n) is 6.72. The van der Waals surface area contributed by atoms with Gasteiger partial charge < -0.3 is 9.88 Å². The van der Waals surface area contributed by atoms with Crippen molar-refractivity contribution in [3.63, 3.8) is 0 Å². The van der Waals surface area contributed by atoms with Crippen LogP contribution in [0.15, 0.2) is 17.0 Å². The summed E-state index contributed by atoms with van der Waals surface area (Å²) in [5, 5.41) is 0.839. The molecule has 1 saturated heterocycles. The van der Waals surface area contributed by atoms with E-state index in [4.69, 9.17) is 0 Å². The molecular weight excluding hydrogens is 410 g/mol. The number of benzene rings is 1. The molecule has 0 amide bonds. The van der Waals surface area contributed by atoms with E-state index in [0.29, 0.717) is 18.5 Å². The minimum Gasteiger partial charge on any atom is -0.358 e. The number of fused-ring (bicyclic) bond motifs is 3. The van der Waals surface area contributed by atoms with Gasteiger partial charge in [0.05, 0.1) is 4.90 Å². The first-order chi connectivity index (χ1) is 14.6. The SMILES string of the molecule is Cc1cc2c3c([nH]c2cc1S(=O)(=O)NCCCN1CCCC(C)C1)CC(C)(C)CC3=O. The van der Waals surface area contributed by atoms with E-state index < -0.39 is 10.0 Å². The van der Waals surface area contributed by atoms with Crippen LogP contribution in [0.1, 0.15) is 68.1 Å². The fraction of sp³-hybridized carbons (Fsp3) is 0.625. The van der Waals surface area contributed by atoms with Crippen molar-refractivity contribution in [2.75, 3.05) is 26.2 Å². The lowest BCUT2D eigenvalue weighted by Gasteiger charge is -2.30. The zero-order valence-electron chi connectivity index (χ0n) is 19.2. The zero-order chi connectivity index (χ0) is 22.4.